The largest absolute Gasteiger partial charge is 0.416 e. The molecule has 3 aromatic heterocycles. The van der Waals surface area contributed by atoms with Crippen molar-refractivity contribution >= 4 is 64.1 Å². The predicted molar refractivity (Wildman–Crippen MR) is 257 cm³/mol. The summed E-state index contributed by atoms with van der Waals surface area (Å²) in [7, 11) is 0. The molecular weight excluding hydrogens is 918 g/mol. The van der Waals surface area contributed by atoms with E-state index in [-0.39, 0.29) is 78.8 Å². The number of carbonyl (C=O) groups excluding carboxylic acids is 6. The van der Waals surface area contributed by atoms with Crippen molar-refractivity contribution in [2.24, 2.45) is 0 Å². The van der Waals surface area contributed by atoms with Crippen molar-refractivity contribution in [3.8, 4) is 23.1 Å². The van der Waals surface area contributed by atoms with E-state index in [1.165, 1.54) is 4.90 Å². The zero-order valence-corrected chi connectivity index (χ0v) is 38.7. The maximum absolute atomic E-state index is 13.6. The summed E-state index contributed by atoms with van der Waals surface area (Å²) in [4.78, 5) is 89.0. The Morgan fingerprint density at radius 3 is 2.56 bits per heavy atom. The van der Waals surface area contributed by atoms with Crippen LogP contribution in [-0.4, -0.2) is 90.2 Å². The predicted octanol–water partition coefficient (Wildman–Crippen LogP) is 6.96. The molecule has 9 rings (SSSR count). The van der Waals surface area contributed by atoms with Crippen LogP contribution in [0.4, 0.5) is 24.8 Å². The first-order valence-corrected chi connectivity index (χ1v) is 23.8. The van der Waals surface area contributed by atoms with Crippen molar-refractivity contribution in [1.29, 1.82) is 0 Å². The second-order valence-electron chi connectivity index (χ2n) is 18.3. The summed E-state index contributed by atoms with van der Waals surface area (Å²) in [6.07, 6.45) is 8.75. The SMILES string of the molecule is Nc1ncc2c3c1c(-c1ccc(C(=O)Nc4cc(C(F)(F)F)ccn4)cc1)nn3C1CCCC(C1)NC(=O)CN(C(=O)CCCCC#Cc1ccc3c(c1)CN(C1CCC(=O)NC1=O)C3=O)CCC/C=C/2. The number of pyridine rings is 2. The number of aromatic nitrogens is 4. The van der Waals surface area contributed by atoms with Crippen LogP contribution >= 0.6 is 0 Å². The van der Waals surface area contributed by atoms with E-state index in [0.29, 0.717) is 73.7 Å². The Balaban J connectivity index is 0.839. The van der Waals surface area contributed by atoms with Crippen molar-refractivity contribution in [3.63, 3.8) is 0 Å². The summed E-state index contributed by atoms with van der Waals surface area (Å²) in [5, 5.41) is 13.7. The number of hydrogen-bond acceptors (Lipinski definition) is 10. The number of benzene rings is 2. The minimum atomic E-state index is -4.59. The third-order valence-electron chi connectivity index (χ3n) is 13.4. The van der Waals surface area contributed by atoms with E-state index in [4.69, 9.17) is 10.8 Å². The molecule has 5 aromatic rings. The number of alkyl halides is 3. The minimum Gasteiger partial charge on any atom is -0.383 e. The van der Waals surface area contributed by atoms with Crippen molar-refractivity contribution in [2.45, 2.75) is 108 Å². The number of halogens is 3. The molecule has 6 heterocycles. The van der Waals surface area contributed by atoms with E-state index >= 15 is 0 Å². The zero-order chi connectivity index (χ0) is 49.8. The Hall–Kier alpha value is -7.88. The van der Waals surface area contributed by atoms with Crippen LogP contribution in [0.2, 0.25) is 0 Å². The maximum atomic E-state index is 13.6. The number of hydrogen-bond donors (Lipinski definition) is 4. The summed E-state index contributed by atoms with van der Waals surface area (Å²) in [5.74, 6) is 4.35. The standard InChI is InChI=1S/C52H51F3N10O6/c53-52(54,55)36-22-23-57-41(26-36)60-49(69)33-17-15-32(16-18-33)46-45-47-34(28-58-48(45)56)10-5-3-7-24-63(30-43(67)59-37-11-8-12-38(27-37)65(47)62-46)44(68)13-6-2-1-4-9-31-14-19-39-35(25-31)29-64(51(39)71)40-20-21-42(66)61-50(40)70/h5,10,14-19,22-23,25-26,28,37-38,40H,1-3,6-8,11-13,20-21,24,27,29-30H2,(H2,56,58)(H,59,67)(H,57,60,69)(H,61,66,70)/b10-5+. The number of nitrogens with one attached hydrogen (secondary N) is 3. The average Bonchev–Trinajstić information content (AvgIpc) is 3.91. The molecule has 0 spiro atoms. The lowest BCUT2D eigenvalue weighted by Crippen LogP contribution is -2.52. The number of carbonyl (C=O) groups is 6. The molecule has 16 nitrogen and oxygen atoms in total. The molecule has 3 aliphatic heterocycles. The quantitative estimate of drug-likeness (QED) is 0.0713. The van der Waals surface area contributed by atoms with Crippen molar-refractivity contribution in [1.82, 2.24) is 40.2 Å². The summed E-state index contributed by atoms with van der Waals surface area (Å²) in [6, 6.07) is 12.5. The van der Waals surface area contributed by atoms with Gasteiger partial charge in [-0.05, 0) is 106 Å². The molecule has 1 aliphatic carbocycles. The molecule has 2 bridgehead atoms. The first-order valence-electron chi connectivity index (χ1n) is 23.8. The van der Waals surface area contributed by atoms with Gasteiger partial charge in [-0.1, -0.05) is 36.1 Å². The highest BCUT2D eigenvalue weighted by atomic mass is 19.4. The molecule has 71 heavy (non-hydrogen) atoms. The van der Waals surface area contributed by atoms with Gasteiger partial charge in [-0.2, -0.15) is 18.3 Å². The van der Waals surface area contributed by atoms with E-state index in [2.05, 4.69) is 37.8 Å². The number of nitrogens with two attached hydrogens (primary N) is 1. The van der Waals surface area contributed by atoms with E-state index in [1.54, 1.807) is 47.5 Å². The Labute approximate surface area is 406 Å². The smallest absolute Gasteiger partial charge is 0.383 e. The Bertz CT molecular complexity index is 3030. The summed E-state index contributed by atoms with van der Waals surface area (Å²) >= 11 is 0. The number of rotatable bonds is 8. The van der Waals surface area contributed by atoms with Crippen LogP contribution < -0.4 is 21.7 Å². The van der Waals surface area contributed by atoms with Gasteiger partial charge < -0.3 is 26.2 Å². The van der Waals surface area contributed by atoms with Crippen LogP contribution in [0.25, 0.3) is 28.2 Å². The Morgan fingerprint density at radius 1 is 0.930 bits per heavy atom. The number of fused-ring (bicyclic) bond motifs is 4. The molecule has 19 heteroatoms. The highest BCUT2D eigenvalue weighted by Gasteiger charge is 2.39. The second kappa shape index (κ2) is 20.6. The van der Waals surface area contributed by atoms with E-state index in [0.717, 1.165) is 59.8 Å². The highest BCUT2D eigenvalue weighted by molar-refractivity contribution is 6.07. The van der Waals surface area contributed by atoms with Gasteiger partial charge in [0.1, 0.15) is 23.4 Å². The topological polar surface area (TPSA) is 215 Å². The van der Waals surface area contributed by atoms with Gasteiger partial charge in [-0.25, -0.2) is 9.97 Å². The van der Waals surface area contributed by atoms with E-state index in [9.17, 15) is 41.9 Å². The monoisotopic (exact) mass is 968 g/mol. The molecule has 2 fully saturated rings. The molecule has 3 atom stereocenters. The average molecular weight is 969 g/mol. The Kier molecular flexibility index (Phi) is 14.0. The molecule has 1 saturated carbocycles. The van der Waals surface area contributed by atoms with Gasteiger partial charge in [-0.15, -0.1) is 0 Å². The molecule has 2 aromatic carbocycles. The van der Waals surface area contributed by atoms with Crippen molar-refractivity contribution < 1.29 is 41.9 Å². The molecule has 5 N–H and O–H groups in total. The van der Waals surface area contributed by atoms with Gasteiger partial charge in [0.25, 0.3) is 11.8 Å². The lowest BCUT2D eigenvalue weighted by atomic mass is 9.90. The van der Waals surface area contributed by atoms with Crippen molar-refractivity contribution in [2.75, 3.05) is 24.1 Å². The van der Waals surface area contributed by atoms with Gasteiger partial charge in [0.05, 0.1) is 29.1 Å². The fourth-order valence-electron chi connectivity index (χ4n) is 9.78. The number of anilines is 2. The van der Waals surface area contributed by atoms with Gasteiger partial charge in [0.15, 0.2) is 0 Å². The van der Waals surface area contributed by atoms with E-state index < -0.39 is 29.6 Å². The van der Waals surface area contributed by atoms with Crippen LogP contribution in [0.1, 0.15) is 126 Å². The van der Waals surface area contributed by atoms with Crippen LogP contribution in [-0.2, 0) is 31.9 Å². The maximum Gasteiger partial charge on any atom is 0.416 e. The fraction of sp³-hybridized carbons (Fsp3) is 0.365. The fourth-order valence-corrected chi connectivity index (χ4v) is 9.78. The number of nitrogens with zero attached hydrogens (tertiary/aromatic N) is 6. The lowest BCUT2D eigenvalue weighted by molar-refractivity contribution is -0.138. The third kappa shape index (κ3) is 10.8. The van der Waals surface area contributed by atoms with Crippen LogP contribution in [0.15, 0.2) is 73.1 Å². The number of piperidine rings is 1. The molecule has 0 radical (unpaired) electrons. The second-order valence-corrected chi connectivity index (χ2v) is 18.3. The van der Waals surface area contributed by atoms with Crippen LogP contribution in [0, 0.1) is 11.8 Å². The number of unbranched alkanes of at least 4 members (excludes halogenated alkanes) is 2. The first kappa shape index (κ1) is 48.2. The first-order chi connectivity index (χ1) is 34.2. The van der Waals surface area contributed by atoms with Crippen LogP contribution in [0.3, 0.4) is 0 Å². The number of amides is 6. The van der Waals surface area contributed by atoms with Gasteiger partial charge in [0.2, 0.25) is 23.6 Å². The zero-order valence-electron chi connectivity index (χ0n) is 38.7. The number of nitrogen functional groups attached to an aromatic ring is 1. The van der Waals surface area contributed by atoms with E-state index in [1.807, 2.05) is 22.9 Å². The molecular formula is C52H51F3N10O6. The third-order valence-corrected chi connectivity index (χ3v) is 13.4. The lowest BCUT2D eigenvalue weighted by Gasteiger charge is -2.31. The van der Waals surface area contributed by atoms with Gasteiger partial charge >= 0.3 is 6.18 Å². The van der Waals surface area contributed by atoms with Gasteiger partial charge in [-0.3, -0.25) is 38.8 Å². The van der Waals surface area contributed by atoms with Gasteiger partial charge in [0, 0.05) is 78.6 Å². The van der Waals surface area contributed by atoms with Crippen molar-refractivity contribution in [3.05, 3.63) is 106 Å². The number of imide groups is 1. The highest BCUT2D eigenvalue weighted by Crippen LogP contribution is 2.39. The molecule has 3 unspecified atom stereocenters. The number of allylic oxidation sites excluding steroid dienone is 1. The Morgan fingerprint density at radius 2 is 1.76 bits per heavy atom. The summed E-state index contributed by atoms with van der Waals surface area (Å²) in [5.41, 5.74) is 10.6. The summed E-state index contributed by atoms with van der Waals surface area (Å²) in [6.45, 7) is 0.589. The molecule has 4 aliphatic rings. The molecule has 1 saturated heterocycles. The minimum absolute atomic E-state index is 0.0629. The summed E-state index contributed by atoms with van der Waals surface area (Å²) < 4.78 is 41.8. The molecule has 6 amide bonds. The molecule has 366 valence electrons. The normalized spacial score (nSPS) is 20.0. The van der Waals surface area contributed by atoms with Crippen LogP contribution in [0.5, 0.6) is 0 Å².